The van der Waals surface area contributed by atoms with Gasteiger partial charge in [0.1, 0.15) is 11.5 Å². The minimum atomic E-state index is 0.697. The molecule has 0 spiro atoms. The van der Waals surface area contributed by atoms with Crippen molar-refractivity contribution in [2.45, 2.75) is 39.0 Å². The first kappa shape index (κ1) is 14.8. The van der Waals surface area contributed by atoms with Gasteiger partial charge in [-0.1, -0.05) is 13.3 Å². The molecule has 0 saturated heterocycles. The Hall–Kier alpha value is -1.22. The molecule has 3 heteroatoms. The Morgan fingerprint density at radius 1 is 0.944 bits per heavy atom. The molecular weight excluding hydrogens is 226 g/mol. The number of hydrogen-bond acceptors (Lipinski definition) is 3. The van der Waals surface area contributed by atoms with E-state index >= 15 is 0 Å². The maximum atomic E-state index is 5.56. The average molecular weight is 251 g/mol. The lowest BCUT2D eigenvalue weighted by Gasteiger charge is -2.14. The van der Waals surface area contributed by atoms with Crippen molar-refractivity contribution in [1.82, 2.24) is 0 Å². The van der Waals surface area contributed by atoms with Crippen molar-refractivity contribution >= 4 is 0 Å². The highest BCUT2D eigenvalue weighted by atomic mass is 16.5. The fraction of sp³-hybridized carbons (Fsp3) is 0.600. The molecule has 3 nitrogen and oxygen atoms in total. The Morgan fingerprint density at radius 3 is 1.83 bits per heavy atom. The van der Waals surface area contributed by atoms with E-state index in [1.807, 2.05) is 0 Å². The van der Waals surface area contributed by atoms with E-state index in [1.54, 1.807) is 14.2 Å². The molecule has 0 saturated carbocycles. The summed E-state index contributed by atoms with van der Waals surface area (Å²) in [5.41, 5.74) is 7.97. The van der Waals surface area contributed by atoms with Crippen LogP contribution in [-0.2, 0) is 12.8 Å². The molecule has 0 radical (unpaired) electrons. The number of benzene rings is 1. The number of hydrogen-bond donors (Lipinski definition) is 1. The Labute approximate surface area is 110 Å². The van der Waals surface area contributed by atoms with E-state index in [0.29, 0.717) is 6.54 Å². The zero-order chi connectivity index (χ0) is 13.4. The van der Waals surface area contributed by atoms with Crippen LogP contribution in [-0.4, -0.2) is 20.8 Å². The van der Waals surface area contributed by atoms with E-state index in [1.165, 1.54) is 24.0 Å². The van der Waals surface area contributed by atoms with E-state index in [2.05, 4.69) is 19.1 Å². The summed E-state index contributed by atoms with van der Waals surface area (Å²) in [6, 6.07) is 4.21. The Morgan fingerprint density at radius 2 is 1.44 bits per heavy atom. The number of rotatable bonds is 8. The van der Waals surface area contributed by atoms with Crippen molar-refractivity contribution in [3.05, 3.63) is 23.3 Å². The van der Waals surface area contributed by atoms with Gasteiger partial charge < -0.3 is 15.2 Å². The van der Waals surface area contributed by atoms with E-state index in [4.69, 9.17) is 15.2 Å². The van der Waals surface area contributed by atoms with Gasteiger partial charge in [0.15, 0.2) is 0 Å². The standard InChI is InChI=1S/C15H25NO2/c1-4-5-7-12-10-15(18-3)13(8-6-9-16)11-14(12)17-2/h10-11H,4-9,16H2,1-3H3. The minimum Gasteiger partial charge on any atom is -0.496 e. The summed E-state index contributed by atoms with van der Waals surface area (Å²) in [6.45, 7) is 2.89. The summed E-state index contributed by atoms with van der Waals surface area (Å²) < 4.78 is 10.9. The first-order valence-corrected chi connectivity index (χ1v) is 6.70. The van der Waals surface area contributed by atoms with Gasteiger partial charge in [-0.2, -0.15) is 0 Å². The summed E-state index contributed by atoms with van der Waals surface area (Å²) in [6.07, 6.45) is 5.28. The monoisotopic (exact) mass is 251 g/mol. The Bertz CT molecular complexity index is 328. The average Bonchev–Trinajstić information content (AvgIpc) is 2.42. The number of ether oxygens (including phenoxy) is 2. The molecule has 18 heavy (non-hydrogen) atoms. The molecule has 0 aliphatic carbocycles. The van der Waals surface area contributed by atoms with Crippen molar-refractivity contribution in [2.24, 2.45) is 5.73 Å². The van der Waals surface area contributed by atoms with Crippen LogP contribution in [0.25, 0.3) is 0 Å². The fourth-order valence-electron chi connectivity index (χ4n) is 2.07. The summed E-state index contributed by atoms with van der Waals surface area (Å²) in [5.74, 6) is 1.92. The van der Waals surface area contributed by atoms with Gasteiger partial charge in [-0.25, -0.2) is 0 Å². The third-order valence-electron chi connectivity index (χ3n) is 3.13. The molecule has 0 unspecified atom stereocenters. The normalized spacial score (nSPS) is 10.4. The largest absolute Gasteiger partial charge is 0.496 e. The quantitative estimate of drug-likeness (QED) is 0.772. The molecule has 1 aromatic rings. The van der Waals surface area contributed by atoms with Gasteiger partial charge in [-0.15, -0.1) is 0 Å². The highest BCUT2D eigenvalue weighted by molar-refractivity contribution is 5.46. The van der Waals surface area contributed by atoms with Crippen LogP contribution in [0.2, 0.25) is 0 Å². The number of unbranched alkanes of at least 4 members (excludes halogenated alkanes) is 1. The van der Waals surface area contributed by atoms with Crippen LogP contribution in [0, 0.1) is 0 Å². The molecule has 102 valence electrons. The topological polar surface area (TPSA) is 44.5 Å². The molecule has 1 aromatic carbocycles. The maximum absolute atomic E-state index is 5.56. The van der Waals surface area contributed by atoms with Crippen molar-refractivity contribution < 1.29 is 9.47 Å². The fourth-order valence-corrected chi connectivity index (χ4v) is 2.07. The van der Waals surface area contributed by atoms with Crippen LogP contribution in [0.15, 0.2) is 12.1 Å². The second-order valence-electron chi connectivity index (χ2n) is 4.47. The van der Waals surface area contributed by atoms with Gasteiger partial charge in [0.2, 0.25) is 0 Å². The van der Waals surface area contributed by atoms with Gasteiger partial charge in [0.05, 0.1) is 14.2 Å². The lowest BCUT2D eigenvalue weighted by molar-refractivity contribution is 0.394. The first-order chi connectivity index (χ1) is 8.76. The molecule has 0 heterocycles. The van der Waals surface area contributed by atoms with E-state index in [-0.39, 0.29) is 0 Å². The third kappa shape index (κ3) is 3.91. The number of aryl methyl sites for hydroxylation is 2. The SMILES string of the molecule is CCCCc1cc(OC)c(CCCN)cc1OC. The van der Waals surface area contributed by atoms with Crippen molar-refractivity contribution in [2.75, 3.05) is 20.8 Å². The van der Waals surface area contributed by atoms with Crippen LogP contribution >= 0.6 is 0 Å². The molecule has 0 atom stereocenters. The van der Waals surface area contributed by atoms with Crippen LogP contribution in [0.1, 0.15) is 37.3 Å². The minimum absolute atomic E-state index is 0.697. The molecule has 0 aliphatic heterocycles. The highest BCUT2D eigenvalue weighted by Gasteiger charge is 2.10. The zero-order valence-corrected chi connectivity index (χ0v) is 11.8. The molecule has 2 N–H and O–H groups in total. The highest BCUT2D eigenvalue weighted by Crippen LogP contribution is 2.30. The Kier molecular flexibility index (Phi) is 6.58. The van der Waals surface area contributed by atoms with Gasteiger partial charge in [0, 0.05) is 0 Å². The van der Waals surface area contributed by atoms with Crippen LogP contribution in [0.3, 0.4) is 0 Å². The Balaban J connectivity index is 2.98. The molecule has 0 aliphatic rings. The summed E-state index contributed by atoms with van der Waals surface area (Å²) in [5, 5.41) is 0. The lowest BCUT2D eigenvalue weighted by Crippen LogP contribution is -2.03. The van der Waals surface area contributed by atoms with Crippen molar-refractivity contribution in [3.63, 3.8) is 0 Å². The molecular formula is C15H25NO2. The molecule has 0 amide bonds. The van der Waals surface area contributed by atoms with Gasteiger partial charge >= 0.3 is 0 Å². The second kappa shape index (κ2) is 7.98. The number of methoxy groups -OCH3 is 2. The number of nitrogens with two attached hydrogens (primary N) is 1. The van der Waals surface area contributed by atoms with Gasteiger partial charge in [-0.05, 0) is 55.5 Å². The predicted octanol–water partition coefficient (Wildman–Crippen LogP) is 2.94. The van der Waals surface area contributed by atoms with Crippen LogP contribution < -0.4 is 15.2 Å². The zero-order valence-electron chi connectivity index (χ0n) is 11.8. The van der Waals surface area contributed by atoms with E-state index < -0.39 is 0 Å². The molecule has 0 bridgehead atoms. The van der Waals surface area contributed by atoms with Crippen molar-refractivity contribution in [3.8, 4) is 11.5 Å². The summed E-state index contributed by atoms with van der Waals surface area (Å²) >= 11 is 0. The lowest BCUT2D eigenvalue weighted by atomic mass is 10.0. The summed E-state index contributed by atoms with van der Waals surface area (Å²) in [4.78, 5) is 0. The van der Waals surface area contributed by atoms with Crippen LogP contribution in [0.5, 0.6) is 11.5 Å². The molecule has 0 fully saturated rings. The second-order valence-corrected chi connectivity index (χ2v) is 4.47. The predicted molar refractivity (Wildman–Crippen MR) is 75.5 cm³/mol. The molecule has 1 rings (SSSR count). The maximum Gasteiger partial charge on any atom is 0.122 e. The van der Waals surface area contributed by atoms with Crippen molar-refractivity contribution in [1.29, 1.82) is 0 Å². The van der Waals surface area contributed by atoms with Gasteiger partial charge in [0.25, 0.3) is 0 Å². The van der Waals surface area contributed by atoms with E-state index in [0.717, 1.165) is 30.8 Å². The van der Waals surface area contributed by atoms with Crippen LogP contribution in [0.4, 0.5) is 0 Å². The van der Waals surface area contributed by atoms with Gasteiger partial charge in [-0.3, -0.25) is 0 Å². The molecule has 0 aromatic heterocycles. The van der Waals surface area contributed by atoms with E-state index in [9.17, 15) is 0 Å². The smallest absolute Gasteiger partial charge is 0.122 e. The summed E-state index contributed by atoms with van der Waals surface area (Å²) in [7, 11) is 3.45. The third-order valence-corrected chi connectivity index (χ3v) is 3.13. The first-order valence-electron chi connectivity index (χ1n) is 6.70.